The number of likely N-dealkylation sites (N-methyl/N-ethyl adjacent to an activating group) is 1. The lowest BCUT2D eigenvalue weighted by Crippen LogP contribution is -2.47. The van der Waals surface area contributed by atoms with Crippen molar-refractivity contribution in [1.82, 2.24) is 9.80 Å². The third-order valence-corrected chi connectivity index (χ3v) is 10.5. The number of sulfonamides is 1. The molecule has 0 saturated carbocycles. The summed E-state index contributed by atoms with van der Waals surface area (Å²) < 4.78 is 58.2. The fraction of sp³-hybridized carbons (Fsp3) is 0.486. The third-order valence-electron chi connectivity index (χ3n) is 9.05. The van der Waals surface area contributed by atoms with E-state index in [1.807, 2.05) is 39.1 Å². The number of ether oxygens (including phenoxy) is 5. The van der Waals surface area contributed by atoms with Crippen molar-refractivity contribution in [2.24, 2.45) is 5.92 Å². The van der Waals surface area contributed by atoms with Crippen LogP contribution in [0.25, 0.3) is 0 Å². The molecule has 2 aliphatic heterocycles. The van der Waals surface area contributed by atoms with Gasteiger partial charge in [0.05, 0.1) is 42.4 Å². The van der Waals surface area contributed by atoms with Gasteiger partial charge < -0.3 is 33.7 Å². The van der Waals surface area contributed by atoms with Gasteiger partial charge in [-0.25, -0.2) is 8.42 Å². The molecule has 2 N–H and O–H groups in total. The number of aliphatic hydroxyl groups is 1. The van der Waals surface area contributed by atoms with Crippen molar-refractivity contribution in [2.75, 3.05) is 52.0 Å². The zero-order chi connectivity index (χ0) is 35.8. The Kier molecular flexibility index (Phi) is 12.5. The monoisotopic (exact) mass is 711 g/mol. The second-order valence-corrected chi connectivity index (χ2v) is 14.9. The fourth-order valence-electron chi connectivity index (χ4n) is 6.14. The molecule has 0 saturated heterocycles. The van der Waals surface area contributed by atoms with Crippen LogP contribution in [-0.4, -0.2) is 94.7 Å². The van der Waals surface area contributed by atoms with Crippen LogP contribution < -0.4 is 23.7 Å². The summed E-state index contributed by atoms with van der Waals surface area (Å²) in [6.45, 7) is 7.88. The van der Waals surface area contributed by atoms with E-state index in [1.165, 1.54) is 25.3 Å². The number of hydrogen-bond donors (Lipinski definition) is 2. The summed E-state index contributed by atoms with van der Waals surface area (Å²) in [5.41, 5.74) is 1.50. The van der Waals surface area contributed by atoms with Crippen molar-refractivity contribution in [2.45, 2.75) is 69.7 Å². The Morgan fingerprint density at radius 3 is 2.50 bits per heavy atom. The van der Waals surface area contributed by atoms with Crippen LogP contribution >= 0.6 is 0 Å². The molecule has 0 aliphatic carbocycles. The summed E-state index contributed by atoms with van der Waals surface area (Å²) >= 11 is 0. The van der Waals surface area contributed by atoms with Crippen LogP contribution in [0.15, 0.2) is 65.6 Å². The van der Waals surface area contributed by atoms with E-state index < -0.39 is 16.1 Å². The number of aliphatic hydroxyl groups excluding tert-OH is 1. The molecule has 0 aromatic heterocycles. The van der Waals surface area contributed by atoms with E-state index in [1.54, 1.807) is 36.1 Å². The quantitative estimate of drug-likeness (QED) is 0.291. The Hall–Kier alpha value is -4.04. The number of nitrogens with zero attached hydrogens (tertiary/aromatic N) is 2. The molecule has 3 aromatic rings. The predicted octanol–water partition coefficient (Wildman–Crippen LogP) is 5.15. The van der Waals surface area contributed by atoms with Crippen molar-refractivity contribution in [3.05, 3.63) is 71.8 Å². The molecule has 2 aliphatic rings. The number of hydrogen-bond acceptors (Lipinski definition) is 10. The number of fused-ring (bicyclic) bond motifs is 2. The van der Waals surface area contributed by atoms with Crippen molar-refractivity contribution in [3.8, 4) is 23.0 Å². The summed E-state index contributed by atoms with van der Waals surface area (Å²) in [5.74, 6) is 1.87. The molecule has 0 spiro atoms. The Labute approximate surface area is 295 Å². The van der Waals surface area contributed by atoms with Gasteiger partial charge in [-0.15, -0.1) is 0 Å². The van der Waals surface area contributed by atoms with Crippen molar-refractivity contribution in [1.29, 1.82) is 0 Å². The van der Waals surface area contributed by atoms with E-state index in [0.29, 0.717) is 37.7 Å². The summed E-state index contributed by atoms with van der Waals surface area (Å²) in [4.78, 5) is 18.3. The van der Waals surface area contributed by atoms with Crippen molar-refractivity contribution in [3.63, 3.8) is 0 Å². The summed E-state index contributed by atoms with van der Waals surface area (Å²) in [6, 6.07) is 16.2. The maximum absolute atomic E-state index is 14.5. The first-order chi connectivity index (χ1) is 24.0. The number of nitrogens with one attached hydrogen (secondary N) is 1. The molecule has 3 aromatic carbocycles. The number of benzene rings is 3. The third kappa shape index (κ3) is 9.39. The van der Waals surface area contributed by atoms with Crippen LogP contribution in [0.1, 0.15) is 56.0 Å². The minimum atomic E-state index is -3.98. The van der Waals surface area contributed by atoms with Crippen LogP contribution in [-0.2, 0) is 21.3 Å². The van der Waals surface area contributed by atoms with Gasteiger partial charge in [0.15, 0.2) is 11.5 Å². The van der Waals surface area contributed by atoms with Gasteiger partial charge in [0.25, 0.3) is 15.9 Å². The Morgan fingerprint density at radius 1 is 1.02 bits per heavy atom. The van der Waals surface area contributed by atoms with E-state index in [2.05, 4.69) is 9.62 Å². The number of rotatable bonds is 10. The van der Waals surface area contributed by atoms with E-state index in [4.69, 9.17) is 23.7 Å². The van der Waals surface area contributed by atoms with Gasteiger partial charge in [-0.05, 0) is 100 Å². The molecule has 2 heterocycles. The normalized spacial score (nSPS) is 20.8. The summed E-state index contributed by atoms with van der Waals surface area (Å²) in [6.07, 6.45) is 2.03. The van der Waals surface area contributed by atoms with Crippen LogP contribution in [0.2, 0.25) is 0 Å². The molecule has 0 fully saturated rings. The molecule has 1 amide bonds. The second-order valence-electron chi connectivity index (χ2n) is 13.2. The minimum Gasteiger partial charge on any atom is -0.497 e. The van der Waals surface area contributed by atoms with E-state index in [9.17, 15) is 18.3 Å². The molecule has 50 heavy (non-hydrogen) atoms. The number of anilines is 1. The first-order valence-electron chi connectivity index (χ1n) is 17.1. The van der Waals surface area contributed by atoms with Crippen molar-refractivity contribution >= 4 is 21.6 Å². The zero-order valence-electron chi connectivity index (χ0n) is 29.5. The molecular formula is C37H49N3O9S. The predicted molar refractivity (Wildman–Crippen MR) is 190 cm³/mol. The summed E-state index contributed by atoms with van der Waals surface area (Å²) in [7, 11) is -0.432. The molecule has 0 bridgehead atoms. The smallest absolute Gasteiger partial charge is 0.261 e. The number of carbonyl (C=O) groups excluding carboxylic acids is 1. The fourth-order valence-corrected chi connectivity index (χ4v) is 7.19. The molecule has 4 atom stereocenters. The first kappa shape index (κ1) is 37.2. The lowest BCUT2D eigenvalue weighted by atomic mass is 10.0. The average molecular weight is 712 g/mol. The van der Waals surface area contributed by atoms with Gasteiger partial charge in [0.2, 0.25) is 6.79 Å². The Bertz CT molecular complexity index is 1700. The maximum Gasteiger partial charge on any atom is 0.261 e. The molecular weight excluding hydrogens is 662 g/mol. The Morgan fingerprint density at radius 2 is 1.76 bits per heavy atom. The van der Waals surface area contributed by atoms with E-state index >= 15 is 0 Å². The molecule has 0 unspecified atom stereocenters. The van der Waals surface area contributed by atoms with E-state index in [0.717, 1.165) is 36.3 Å². The average Bonchev–Trinajstić information content (AvgIpc) is 3.57. The SMILES string of the molecule is COc1ccc(S(=O)(=O)Nc2ccc3c(c2)C(=O)N([C@H](C)CO)C[C@@H](C)[C@@H](CN(C)Cc2ccc4c(c2)OCO4)OCCCC[C@@H](C)O3)cc1. The van der Waals surface area contributed by atoms with Crippen LogP contribution in [0.3, 0.4) is 0 Å². The van der Waals surface area contributed by atoms with Gasteiger partial charge >= 0.3 is 0 Å². The van der Waals surface area contributed by atoms with Crippen molar-refractivity contribution < 1.29 is 42.0 Å². The Balaban J connectivity index is 1.40. The topological polar surface area (TPSA) is 136 Å². The number of carbonyl (C=O) groups is 1. The minimum absolute atomic E-state index is 0.0495. The first-order valence-corrected chi connectivity index (χ1v) is 18.5. The van der Waals surface area contributed by atoms with E-state index in [-0.39, 0.29) is 53.6 Å². The highest BCUT2D eigenvalue weighted by molar-refractivity contribution is 7.92. The molecule has 13 heteroatoms. The van der Waals surface area contributed by atoms with Gasteiger partial charge in [0.1, 0.15) is 11.5 Å². The highest BCUT2D eigenvalue weighted by atomic mass is 32.2. The molecule has 12 nitrogen and oxygen atoms in total. The lowest BCUT2D eigenvalue weighted by Gasteiger charge is -2.36. The van der Waals surface area contributed by atoms with Gasteiger partial charge in [-0.3, -0.25) is 14.4 Å². The maximum atomic E-state index is 14.5. The summed E-state index contributed by atoms with van der Waals surface area (Å²) in [5, 5.41) is 10.3. The van der Waals surface area contributed by atoms with Crippen LogP contribution in [0.4, 0.5) is 5.69 Å². The molecule has 272 valence electrons. The largest absolute Gasteiger partial charge is 0.497 e. The van der Waals surface area contributed by atoms with Gasteiger partial charge in [0, 0.05) is 37.8 Å². The molecule has 5 rings (SSSR count). The van der Waals surface area contributed by atoms with Crippen LogP contribution in [0, 0.1) is 5.92 Å². The second kappa shape index (κ2) is 16.8. The van der Waals surface area contributed by atoms with Crippen LogP contribution in [0.5, 0.6) is 23.0 Å². The number of methoxy groups -OCH3 is 1. The number of amides is 1. The molecule has 0 radical (unpaired) electrons. The van der Waals surface area contributed by atoms with Gasteiger partial charge in [-0.2, -0.15) is 0 Å². The highest BCUT2D eigenvalue weighted by Crippen LogP contribution is 2.33. The van der Waals surface area contributed by atoms with Gasteiger partial charge in [-0.1, -0.05) is 13.0 Å². The highest BCUT2D eigenvalue weighted by Gasteiger charge is 2.31. The lowest BCUT2D eigenvalue weighted by molar-refractivity contribution is -0.0177. The standard InChI is InChI=1S/C37H49N3O9S/c1-25-20-40(26(2)23-41)37(42)32-19-29(38-50(43,44)31-13-11-30(45-5)12-14-31)10-16-33(32)49-27(3)8-6-7-17-46-36(25)22-39(4)21-28-9-15-34-35(18-28)48-24-47-34/h9-16,18-19,25-27,36,38,41H,6-8,17,20-24H2,1-5H3/t25-,26-,27-,36-/m1/s1. The zero-order valence-corrected chi connectivity index (χ0v) is 30.3.